The first kappa shape index (κ1) is 12.0. The van der Waals surface area contributed by atoms with Crippen LogP contribution in [0.4, 0.5) is 0 Å². The highest BCUT2D eigenvalue weighted by molar-refractivity contribution is 5.65. The van der Waals surface area contributed by atoms with Crippen LogP contribution in [0.2, 0.25) is 0 Å². The van der Waals surface area contributed by atoms with Crippen molar-refractivity contribution in [2.45, 2.75) is 25.2 Å². The Labute approximate surface area is 111 Å². The Morgan fingerprint density at radius 2 is 2.00 bits per heavy atom. The summed E-state index contributed by atoms with van der Waals surface area (Å²) in [6, 6.07) is 8.28. The van der Waals surface area contributed by atoms with E-state index in [0.717, 1.165) is 5.56 Å². The molecule has 0 aliphatic heterocycles. The summed E-state index contributed by atoms with van der Waals surface area (Å²) in [5.41, 5.74) is 2.62. The molecule has 4 nitrogen and oxygen atoms in total. The van der Waals surface area contributed by atoms with Crippen molar-refractivity contribution in [3.63, 3.8) is 0 Å². The van der Waals surface area contributed by atoms with Gasteiger partial charge < -0.3 is 9.72 Å². The van der Waals surface area contributed by atoms with Crippen LogP contribution in [0, 0.1) is 0 Å². The molecule has 19 heavy (non-hydrogen) atoms. The van der Waals surface area contributed by atoms with E-state index >= 15 is 0 Å². The summed E-state index contributed by atoms with van der Waals surface area (Å²) in [6.45, 7) is 0. The van der Waals surface area contributed by atoms with Gasteiger partial charge in [-0.15, -0.1) is 0 Å². The minimum atomic E-state index is -0.254. The fourth-order valence-corrected chi connectivity index (χ4v) is 2.44. The number of benzene rings is 1. The lowest BCUT2D eigenvalue weighted by Gasteiger charge is -2.25. The normalized spacial score (nSPS) is 15.0. The lowest BCUT2D eigenvalue weighted by Crippen LogP contribution is -2.11. The molecule has 1 aliphatic rings. The fourth-order valence-electron chi connectivity index (χ4n) is 2.44. The number of H-pyrrole nitrogens is 1. The maximum Gasteiger partial charge on any atom is 0.293 e. The van der Waals surface area contributed by atoms with Crippen LogP contribution in [0.3, 0.4) is 0 Å². The van der Waals surface area contributed by atoms with Crippen molar-refractivity contribution in [3.05, 3.63) is 46.5 Å². The van der Waals surface area contributed by atoms with Gasteiger partial charge in [0.25, 0.3) is 5.56 Å². The van der Waals surface area contributed by atoms with Gasteiger partial charge in [0.2, 0.25) is 5.75 Å². The fraction of sp³-hybridized carbons (Fsp3) is 0.333. The lowest BCUT2D eigenvalue weighted by molar-refractivity contribution is 0.408. The van der Waals surface area contributed by atoms with E-state index in [0.29, 0.717) is 11.6 Å². The molecular formula is C15H16N2O2. The molecule has 0 bridgehead atoms. The van der Waals surface area contributed by atoms with Gasteiger partial charge in [0.05, 0.1) is 13.4 Å². The molecule has 1 fully saturated rings. The molecule has 1 N–H and O–H groups in total. The van der Waals surface area contributed by atoms with E-state index in [-0.39, 0.29) is 11.3 Å². The third-order valence-corrected chi connectivity index (χ3v) is 3.78. The van der Waals surface area contributed by atoms with Crippen LogP contribution >= 0.6 is 0 Å². The number of ether oxygens (including phenoxy) is 1. The minimum Gasteiger partial charge on any atom is -0.490 e. The van der Waals surface area contributed by atoms with E-state index in [1.165, 1.54) is 38.3 Å². The molecule has 1 heterocycles. The van der Waals surface area contributed by atoms with E-state index < -0.39 is 0 Å². The predicted octanol–water partition coefficient (Wildman–Crippen LogP) is 2.71. The summed E-state index contributed by atoms with van der Waals surface area (Å²) >= 11 is 0. The van der Waals surface area contributed by atoms with E-state index in [9.17, 15) is 4.79 Å². The zero-order chi connectivity index (χ0) is 13.2. The SMILES string of the molecule is COc1c(-c2ccc(C3CCC3)cc2)nc[nH]c1=O. The van der Waals surface area contributed by atoms with Crippen molar-refractivity contribution >= 4 is 0 Å². The molecule has 0 unspecified atom stereocenters. The number of rotatable bonds is 3. The topological polar surface area (TPSA) is 55.0 Å². The van der Waals surface area contributed by atoms with Gasteiger partial charge in [-0.1, -0.05) is 30.7 Å². The van der Waals surface area contributed by atoms with Gasteiger partial charge in [-0.25, -0.2) is 4.98 Å². The van der Waals surface area contributed by atoms with Crippen molar-refractivity contribution in [3.8, 4) is 17.0 Å². The van der Waals surface area contributed by atoms with E-state index in [1.54, 1.807) is 0 Å². The van der Waals surface area contributed by atoms with Crippen LogP contribution in [0.1, 0.15) is 30.7 Å². The molecule has 1 aliphatic carbocycles. The molecule has 0 atom stereocenters. The molecule has 0 radical (unpaired) electrons. The van der Waals surface area contributed by atoms with Gasteiger partial charge in [0, 0.05) is 5.56 Å². The molecule has 1 aromatic carbocycles. The smallest absolute Gasteiger partial charge is 0.293 e. The molecule has 0 amide bonds. The number of aromatic amines is 1. The Balaban J connectivity index is 1.98. The van der Waals surface area contributed by atoms with Gasteiger partial charge in [-0.2, -0.15) is 0 Å². The second kappa shape index (κ2) is 4.88. The molecule has 1 saturated carbocycles. The standard InChI is InChI=1S/C15H16N2O2/c1-19-14-13(16-9-17-15(14)18)12-7-5-11(6-8-12)10-3-2-4-10/h5-10H,2-4H2,1H3,(H,16,17,18). The van der Waals surface area contributed by atoms with Crippen molar-refractivity contribution < 1.29 is 4.74 Å². The second-order valence-corrected chi connectivity index (χ2v) is 4.86. The molecule has 2 aromatic rings. The quantitative estimate of drug-likeness (QED) is 0.918. The number of methoxy groups -OCH3 is 1. The van der Waals surface area contributed by atoms with Crippen LogP contribution in [0.25, 0.3) is 11.3 Å². The highest BCUT2D eigenvalue weighted by Gasteiger charge is 2.19. The average molecular weight is 256 g/mol. The summed E-state index contributed by atoms with van der Waals surface area (Å²) in [6.07, 6.45) is 5.30. The minimum absolute atomic E-state index is 0.254. The molecule has 3 rings (SSSR count). The maximum atomic E-state index is 11.7. The third-order valence-electron chi connectivity index (χ3n) is 3.78. The number of nitrogens with one attached hydrogen (secondary N) is 1. The Morgan fingerprint density at radius 3 is 2.58 bits per heavy atom. The Kier molecular flexibility index (Phi) is 3.07. The highest BCUT2D eigenvalue weighted by atomic mass is 16.5. The summed E-state index contributed by atoms with van der Waals surface area (Å²) in [7, 11) is 1.48. The first-order valence-corrected chi connectivity index (χ1v) is 6.51. The predicted molar refractivity (Wildman–Crippen MR) is 73.4 cm³/mol. The third kappa shape index (κ3) is 2.14. The zero-order valence-electron chi connectivity index (χ0n) is 10.8. The molecule has 1 aromatic heterocycles. The van der Waals surface area contributed by atoms with Gasteiger partial charge in [0.15, 0.2) is 0 Å². The first-order chi connectivity index (χ1) is 9.29. The van der Waals surface area contributed by atoms with Crippen LogP contribution in [0.5, 0.6) is 5.75 Å². The largest absolute Gasteiger partial charge is 0.490 e. The Morgan fingerprint density at radius 1 is 1.26 bits per heavy atom. The van der Waals surface area contributed by atoms with Crippen LogP contribution in [-0.4, -0.2) is 17.1 Å². The van der Waals surface area contributed by atoms with Crippen molar-refractivity contribution in [1.82, 2.24) is 9.97 Å². The Hall–Kier alpha value is -2.10. The lowest BCUT2D eigenvalue weighted by atomic mass is 9.80. The average Bonchev–Trinajstić information content (AvgIpc) is 2.37. The highest BCUT2D eigenvalue weighted by Crippen LogP contribution is 2.37. The van der Waals surface area contributed by atoms with Crippen molar-refractivity contribution in [2.75, 3.05) is 7.11 Å². The zero-order valence-corrected chi connectivity index (χ0v) is 10.8. The summed E-state index contributed by atoms with van der Waals surface area (Å²) in [5.74, 6) is 0.974. The molecule has 0 spiro atoms. The first-order valence-electron chi connectivity index (χ1n) is 6.51. The van der Waals surface area contributed by atoms with Crippen molar-refractivity contribution in [1.29, 1.82) is 0 Å². The van der Waals surface area contributed by atoms with Gasteiger partial charge >= 0.3 is 0 Å². The molecule has 0 saturated heterocycles. The number of hydrogen-bond donors (Lipinski definition) is 1. The number of nitrogens with zero attached hydrogens (tertiary/aromatic N) is 1. The Bertz CT molecular complexity index is 627. The monoisotopic (exact) mass is 256 g/mol. The van der Waals surface area contributed by atoms with Gasteiger partial charge in [-0.3, -0.25) is 4.79 Å². The van der Waals surface area contributed by atoms with Crippen LogP contribution in [-0.2, 0) is 0 Å². The van der Waals surface area contributed by atoms with Crippen LogP contribution < -0.4 is 10.3 Å². The van der Waals surface area contributed by atoms with E-state index in [4.69, 9.17) is 4.74 Å². The maximum absolute atomic E-state index is 11.7. The number of hydrogen-bond acceptors (Lipinski definition) is 3. The second-order valence-electron chi connectivity index (χ2n) is 4.86. The van der Waals surface area contributed by atoms with Gasteiger partial charge in [-0.05, 0) is 24.3 Å². The molecule has 4 heteroatoms. The van der Waals surface area contributed by atoms with E-state index in [1.807, 2.05) is 12.1 Å². The van der Waals surface area contributed by atoms with Gasteiger partial charge in [0.1, 0.15) is 5.69 Å². The summed E-state index contributed by atoms with van der Waals surface area (Å²) in [4.78, 5) is 18.4. The summed E-state index contributed by atoms with van der Waals surface area (Å²) in [5, 5.41) is 0. The summed E-state index contributed by atoms with van der Waals surface area (Å²) < 4.78 is 5.13. The van der Waals surface area contributed by atoms with Crippen molar-refractivity contribution in [2.24, 2.45) is 0 Å². The molecule has 98 valence electrons. The van der Waals surface area contributed by atoms with Crippen LogP contribution in [0.15, 0.2) is 35.4 Å². The number of aromatic nitrogens is 2. The molecular weight excluding hydrogens is 240 g/mol. The van der Waals surface area contributed by atoms with E-state index in [2.05, 4.69) is 22.1 Å².